The molecule has 1 saturated heterocycles. The van der Waals surface area contributed by atoms with Crippen molar-refractivity contribution in [2.45, 2.75) is 45.3 Å². The van der Waals surface area contributed by atoms with E-state index in [0.29, 0.717) is 12.6 Å². The third-order valence-corrected chi connectivity index (χ3v) is 6.23. The standard InChI is InChI=1S/C25H36N4O/c1-19-10-11-22(20(2)16-19)17-26-25(30)27-24(21-8-6-5-7-9-21)18-29(4)23-12-14-28(3)15-13-23/h5-11,16,23-24H,12-15,17-18H2,1-4H3,(H2,26,27,30). The van der Waals surface area contributed by atoms with Crippen LogP contribution in [0, 0.1) is 13.8 Å². The lowest BCUT2D eigenvalue weighted by molar-refractivity contribution is 0.135. The van der Waals surface area contributed by atoms with E-state index in [1.165, 1.54) is 24.0 Å². The van der Waals surface area contributed by atoms with Crippen LogP contribution < -0.4 is 10.6 Å². The van der Waals surface area contributed by atoms with E-state index < -0.39 is 0 Å². The van der Waals surface area contributed by atoms with Crippen LogP contribution in [0.1, 0.15) is 41.1 Å². The number of hydrogen-bond donors (Lipinski definition) is 2. The van der Waals surface area contributed by atoms with E-state index >= 15 is 0 Å². The van der Waals surface area contributed by atoms with E-state index in [1.807, 2.05) is 18.2 Å². The van der Waals surface area contributed by atoms with Gasteiger partial charge in [-0.05, 0) is 70.6 Å². The number of carbonyl (C=O) groups excluding carboxylic acids is 1. The third-order valence-electron chi connectivity index (χ3n) is 6.23. The van der Waals surface area contributed by atoms with Crippen LogP contribution in [0.4, 0.5) is 4.79 Å². The Morgan fingerprint density at radius 2 is 1.83 bits per heavy atom. The minimum absolute atomic E-state index is 0.0463. The number of hydrogen-bond acceptors (Lipinski definition) is 3. The quantitative estimate of drug-likeness (QED) is 0.731. The molecule has 2 N–H and O–H groups in total. The number of benzene rings is 2. The molecule has 0 bridgehead atoms. The summed E-state index contributed by atoms with van der Waals surface area (Å²) in [5.41, 5.74) is 4.73. The Hall–Kier alpha value is -2.37. The van der Waals surface area contributed by atoms with Gasteiger partial charge in [0.05, 0.1) is 6.04 Å². The van der Waals surface area contributed by atoms with Gasteiger partial charge in [-0.1, -0.05) is 54.1 Å². The highest BCUT2D eigenvalue weighted by Crippen LogP contribution is 2.19. The maximum Gasteiger partial charge on any atom is 0.315 e. The molecule has 0 aliphatic carbocycles. The molecule has 1 unspecified atom stereocenters. The molecule has 162 valence electrons. The number of rotatable bonds is 7. The Kier molecular flexibility index (Phi) is 7.88. The van der Waals surface area contributed by atoms with Crippen molar-refractivity contribution in [2.24, 2.45) is 0 Å². The molecule has 2 amide bonds. The van der Waals surface area contributed by atoms with Crippen molar-refractivity contribution >= 4 is 6.03 Å². The first-order valence-electron chi connectivity index (χ1n) is 11.0. The molecule has 1 atom stereocenters. The van der Waals surface area contributed by atoms with E-state index in [9.17, 15) is 4.79 Å². The average molecular weight is 409 g/mol. The highest BCUT2D eigenvalue weighted by atomic mass is 16.2. The van der Waals surface area contributed by atoms with Crippen LogP contribution in [0.15, 0.2) is 48.5 Å². The summed E-state index contributed by atoms with van der Waals surface area (Å²) in [6, 6.07) is 17.0. The molecule has 1 aliphatic heterocycles. The van der Waals surface area contributed by atoms with Gasteiger partial charge in [0, 0.05) is 19.1 Å². The average Bonchev–Trinajstić information content (AvgIpc) is 2.73. The van der Waals surface area contributed by atoms with Crippen LogP contribution in [0.3, 0.4) is 0 Å². The fourth-order valence-corrected chi connectivity index (χ4v) is 4.22. The number of piperidine rings is 1. The SMILES string of the molecule is Cc1ccc(CNC(=O)NC(CN(C)C2CCN(C)CC2)c2ccccc2)c(C)c1. The molecule has 0 radical (unpaired) electrons. The molecule has 5 nitrogen and oxygen atoms in total. The first-order valence-corrected chi connectivity index (χ1v) is 11.0. The highest BCUT2D eigenvalue weighted by Gasteiger charge is 2.24. The number of nitrogens with one attached hydrogen (secondary N) is 2. The van der Waals surface area contributed by atoms with Crippen LogP contribution in [0.2, 0.25) is 0 Å². The summed E-state index contributed by atoms with van der Waals surface area (Å²) in [6.45, 7) is 7.77. The van der Waals surface area contributed by atoms with Crippen LogP contribution in [0.25, 0.3) is 0 Å². The number of nitrogens with zero attached hydrogens (tertiary/aromatic N) is 2. The second-order valence-corrected chi connectivity index (χ2v) is 8.69. The molecule has 0 spiro atoms. The predicted molar refractivity (Wildman–Crippen MR) is 124 cm³/mol. The summed E-state index contributed by atoms with van der Waals surface area (Å²) in [4.78, 5) is 17.5. The Balaban J connectivity index is 1.61. The smallest absolute Gasteiger partial charge is 0.315 e. The fraction of sp³-hybridized carbons (Fsp3) is 0.480. The number of carbonyl (C=O) groups is 1. The molecule has 5 heteroatoms. The minimum Gasteiger partial charge on any atom is -0.334 e. The monoisotopic (exact) mass is 408 g/mol. The van der Waals surface area contributed by atoms with Gasteiger partial charge in [0.2, 0.25) is 0 Å². The normalized spacial score (nSPS) is 16.4. The topological polar surface area (TPSA) is 47.6 Å². The number of urea groups is 1. The summed E-state index contributed by atoms with van der Waals surface area (Å²) in [7, 11) is 4.37. The van der Waals surface area contributed by atoms with Crippen molar-refractivity contribution < 1.29 is 4.79 Å². The second kappa shape index (κ2) is 10.6. The summed E-state index contributed by atoms with van der Waals surface area (Å²) in [6.07, 6.45) is 2.35. The van der Waals surface area contributed by atoms with Crippen molar-refractivity contribution in [1.82, 2.24) is 20.4 Å². The van der Waals surface area contributed by atoms with Crippen molar-refractivity contribution in [3.63, 3.8) is 0 Å². The predicted octanol–water partition coefficient (Wildman–Crippen LogP) is 3.87. The number of likely N-dealkylation sites (N-methyl/N-ethyl adjacent to an activating group) is 1. The van der Waals surface area contributed by atoms with E-state index in [2.05, 4.69) is 78.7 Å². The molecule has 0 aromatic heterocycles. The lowest BCUT2D eigenvalue weighted by Gasteiger charge is -2.37. The molecular weight excluding hydrogens is 372 g/mol. The maximum atomic E-state index is 12.7. The van der Waals surface area contributed by atoms with Crippen LogP contribution in [-0.4, -0.2) is 55.6 Å². The molecule has 3 rings (SSSR count). The first-order chi connectivity index (χ1) is 14.4. The molecule has 2 aromatic carbocycles. The molecule has 0 saturated carbocycles. The zero-order valence-corrected chi connectivity index (χ0v) is 18.8. The van der Waals surface area contributed by atoms with Crippen LogP contribution in [0.5, 0.6) is 0 Å². The maximum absolute atomic E-state index is 12.7. The summed E-state index contributed by atoms with van der Waals surface area (Å²) < 4.78 is 0. The largest absolute Gasteiger partial charge is 0.334 e. The van der Waals surface area contributed by atoms with E-state index in [4.69, 9.17) is 0 Å². The third kappa shape index (κ3) is 6.31. The number of aryl methyl sites for hydroxylation is 2. The number of likely N-dealkylation sites (tertiary alicyclic amines) is 1. The van der Waals surface area contributed by atoms with Crippen LogP contribution in [-0.2, 0) is 6.54 Å². The lowest BCUT2D eigenvalue weighted by atomic mass is 10.0. The summed E-state index contributed by atoms with van der Waals surface area (Å²) in [5, 5.41) is 6.25. The highest BCUT2D eigenvalue weighted by molar-refractivity contribution is 5.74. The molecule has 1 heterocycles. The van der Waals surface area contributed by atoms with Gasteiger partial charge >= 0.3 is 6.03 Å². The van der Waals surface area contributed by atoms with Crippen molar-refractivity contribution in [2.75, 3.05) is 33.7 Å². The Bertz CT molecular complexity index is 815. The molecule has 1 fully saturated rings. The molecular formula is C25H36N4O. The minimum atomic E-state index is -0.124. The van der Waals surface area contributed by atoms with Crippen molar-refractivity contribution in [3.8, 4) is 0 Å². The van der Waals surface area contributed by atoms with Gasteiger partial charge in [-0.15, -0.1) is 0 Å². The fourth-order valence-electron chi connectivity index (χ4n) is 4.22. The van der Waals surface area contributed by atoms with Gasteiger partial charge in [-0.2, -0.15) is 0 Å². The van der Waals surface area contributed by atoms with Gasteiger partial charge in [-0.3, -0.25) is 0 Å². The Morgan fingerprint density at radius 3 is 2.50 bits per heavy atom. The lowest BCUT2D eigenvalue weighted by Crippen LogP contribution is -2.47. The summed E-state index contributed by atoms with van der Waals surface area (Å²) >= 11 is 0. The first kappa shape index (κ1) is 22.3. The molecule has 30 heavy (non-hydrogen) atoms. The summed E-state index contributed by atoms with van der Waals surface area (Å²) in [5.74, 6) is 0. The van der Waals surface area contributed by atoms with Gasteiger partial charge in [0.1, 0.15) is 0 Å². The molecule has 1 aliphatic rings. The van der Waals surface area contributed by atoms with Gasteiger partial charge in [-0.25, -0.2) is 4.79 Å². The van der Waals surface area contributed by atoms with Crippen molar-refractivity contribution in [1.29, 1.82) is 0 Å². The van der Waals surface area contributed by atoms with Crippen LogP contribution >= 0.6 is 0 Å². The van der Waals surface area contributed by atoms with Gasteiger partial charge < -0.3 is 20.4 Å². The zero-order valence-electron chi connectivity index (χ0n) is 18.8. The molecule has 2 aromatic rings. The Morgan fingerprint density at radius 1 is 1.13 bits per heavy atom. The van der Waals surface area contributed by atoms with Crippen molar-refractivity contribution in [3.05, 3.63) is 70.8 Å². The zero-order chi connectivity index (χ0) is 21.5. The van der Waals surface area contributed by atoms with Gasteiger partial charge in [0.25, 0.3) is 0 Å². The Labute approximate surface area is 181 Å². The van der Waals surface area contributed by atoms with E-state index in [-0.39, 0.29) is 12.1 Å². The second-order valence-electron chi connectivity index (χ2n) is 8.69. The van der Waals surface area contributed by atoms with Gasteiger partial charge in [0.15, 0.2) is 0 Å². The number of amides is 2. The van der Waals surface area contributed by atoms with E-state index in [0.717, 1.165) is 30.8 Å². The van der Waals surface area contributed by atoms with E-state index in [1.54, 1.807) is 0 Å².